The van der Waals surface area contributed by atoms with Crippen LogP contribution in [0.2, 0.25) is 0 Å². The van der Waals surface area contributed by atoms with Crippen molar-refractivity contribution in [3.8, 4) is 5.75 Å². The third kappa shape index (κ3) is 4.05. The normalized spacial score (nSPS) is 12.0. The lowest BCUT2D eigenvalue weighted by atomic mass is 10.2. The van der Waals surface area contributed by atoms with Crippen LogP contribution >= 0.6 is 11.3 Å². The van der Waals surface area contributed by atoms with E-state index < -0.39 is 0 Å². The molecule has 22 heavy (non-hydrogen) atoms. The Bertz CT molecular complexity index is 627. The lowest BCUT2D eigenvalue weighted by Gasteiger charge is -2.08. The highest BCUT2D eigenvalue weighted by atomic mass is 32.1. The predicted octanol–water partition coefficient (Wildman–Crippen LogP) is 2.88. The van der Waals surface area contributed by atoms with Gasteiger partial charge in [0.05, 0.1) is 13.2 Å². The van der Waals surface area contributed by atoms with E-state index >= 15 is 0 Å². The molecule has 2 aromatic rings. The van der Waals surface area contributed by atoms with Gasteiger partial charge >= 0.3 is 0 Å². The standard InChI is InChI=1S/C16H21N3O2S/c1-3-6-12(17)16-19-13(10-22-16)15(20)18-9-11-7-4-5-8-14(11)21-2/h4-5,7-8,10,12H,3,6,9,17H2,1-2H3,(H,18,20). The van der Waals surface area contributed by atoms with Crippen molar-refractivity contribution in [1.82, 2.24) is 10.3 Å². The second kappa shape index (κ2) is 7.91. The van der Waals surface area contributed by atoms with E-state index in [9.17, 15) is 4.79 Å². The molecule has 0 saturated heterocycles. The molecule has 0 radical (unpaired) electrons. The molecule has 0 fully saturated rings. The fourth-order valence-corrected chi connectivity index (χ4v) is 2.95. The first-order chi connectivity index (χ1) is 10.7. The minimum Gasteiger partial charge on any atom is -0.496 e. The van der Waals surface area contributed by atoms with Crippen molar-refractivity contribution in [2.45, 2.75) is 32.4 Å². The number of hydrogen-bond acceptors (Lipinski definition) is 5. The minimum absolute atomic E-state index is 0.0919. The fraction of sp³-hybridized carbons (Fsp3) is 0.375. The van der Waals surface area contributed by atoms with E-state index in [4.69, 9.17) is 10.5 Å². The van der Waals surface area contributed by atoms with E-state index in [1.165, 1.54) is 11.3 Å². The zero-order chi connectivity index (χ0) is 15.9. The summed E-state index contributed by atoms with van der Waals surface area (Å²) in [4.78, 5) is 16.5. The average molecular weight is 319 g/mol. The zero-order valence-corrected chi connectivity index (χ0v) is 13.7. The first kappa shape index (κ1) is 16.5. The highest BCUT2D eigenvalue weighted by molar-refractivity contribution is 7.09. The van der Waals surface area contributed by atoms with Crippen molar-refractivity contribution in [1.29, 1.82) is 0 Å². The molecule has 0 aliphatic carbocycles. The largest absolute Gasteiger partial charge is 0.496 e. The van der Waals surface area contributed by atoms with Crippen LogP contribution in [0.4, 0.5) is 0 Å². The number of para-hydroxylation sites is 1. The molecule has 0 aliphatic rings. The summed E-state index contributed by atoms with van der Waals surface area (Å²) in [6, 6.07) is 7.50. The Kier molecular flexibility index (Phi) is 5.91. The molecule has 1 unspecified atom stereocenters. The number of carbonyl (C=O) groups is 1. The van der Waals surface area contributed by atoms with Crippen LogP contribution in [0.25, 0.3) is 0 Å². The van der Waals surface area contributed by atoms with Gasteiger partial charge in [0.25, 0.3) is 5.91 Å². The number of thiazole rings is 1. The van der Waals surface area contributed by atoms with Gasteiger partial charge in [-0.2, -0.15) is 0 Å². The summed E-state index contributed by atoms with van der Waals surface area (Å²) in [6.45, 7) is 2.48. The molecule has 5 nitrogen and oxygen atoms in total. The van der Waals surface area contributed by atoms with Crippen LogP contribution < -0.4 is 15.8 Å². The lowest BCUT2D eigenvalue weighted by Crippen LogP contribution is -2.23. The number of aromatic nitrogens is 1. The third-order valence-corrected chi connectivity index (χ3v) is 4.28. The molecule has 2 rings (SSSR count). The molecule has 0 spiro atoms. The molecule has 1 heterocycles. The van der Waals surface area contributed by atoms with Crippen molar-refractivity contribution < 1.29 is 9.53 Å². The van der Waals surface area contributed by atoms with Crippen LogP contribution in [0.1, 0.15) is 46.9 Å². The quantitative estimate of drug-likeness (QED) is 0.822. The summed E-state index contributed by atoms with van der Waals surface area (Å²) >= 11 is 1.43. The van der Waals surface area contributed by atoms with E-state index in [1.54, 1.807) is 12.5 Å². The number of benzene rings is 1. The first-order valence-corrected chi connectivity index (χ1v) is 8.14. The summed E-state index contributed by atoms with van der Waals surface area (Å²) in [5.74, 6) is 0.559. The molecule has 1 atom stereocenters. The van der Waals surface area contributed by atoms with Gasteiger partial charge in [0.1, 0.15) is 16.5 Å². The number of ether oxygens (including phenoxy) is 1. The summed E-state index contributed by atoms with van der Waals surface area (Å²) in [5.41, 5.74) is 7.37. The molecule has 1 aromatic carbocycles. The molecule has 1 amide bonds. The second-order valence-electron chi connectivity index (χ2n) is 4.96. The predicted molar refractivity (Wildman–Crippen MR) is 88.1 cm³/mol. The van der Waals surface area contributed by atoms with Gasteiger partial charge in [0, 0.05) is 17.5 Å². The second-order valence-corrected chi connectivity index (χ2v) is 5.85. The Morgan fingerprint density at radius 1 is 1.45 bits per heavy atom. The maximum absolute atomic E-state index is 12.2. The number of rotatable bonds is 7. The lowest BCUT2D eigenvalue weighted by molar-refractivity contribution is 0.0946. The van der Waals surface area contributed by atoms with Crippen molar-refractivity contribution >= 4 is 17.2 Å². The molecule has 1 aromatic heterocycles. The van der Waals surface area contributed by atoms with Crippen molar-refractivity contribution in [2.24, 2.45) is 5.73 Å². The number of hydrogen-bond donors (Lipinski definition) is 2. The van der Waals surface area contributed by atoms with Crippen molar-refractivity contribution in [3.05, 3.63) is 45.9 Å². The van der Waals surface area contributed by atoms with E-state index in [-0.39, 0.29) is 11.9 Å². The molecule has 0 saturated carbocycles. The SMILES string of the molecule is CCCC(N)c1nc(C(=O)NCc2ccccc2OC)cs1. The molecule has 118 valence electrons. The number of nitrogens with zero attached hydrogens (tertiary/aromatic N) is 1. The van der Waals surface area contributed by atoms with Gasteiger partial charge in [-0.05, 0) is 12.5 Å². The molecule has 3 N–H and O–H groups in total. The Balaban J connectivity index is 1.98. The van der Waals surface area contributed by atoms with E-state index in [0.717, 1.165) is 29.2 Å². The van der Waals surface area contributed by atoms with Gasteiger partial charge in [-0.1, -0.05) is 31.5 Å². The number of amides is 1. The van der Waals surface area contributed by atoms with Gasteiger partial charge < -0.3 is 15.8 Å². The van der Waals surface area contributed by atoms with Crippen molar-refractivity contribution in [2.75, 3.05) is 7.11 Å². The summed E-state index contributed by atoms with van der Waals surface area (Å²) in [5, 5.41) is 5.42. The highest BCUT2D eigenvalue weighted by Gasteiger charge is 2.15. The Morgan fingerprint density at radius 2 is 2.23 bits per heavy atom. The smallest absolute Gasteiger partial charge is 0.271 e. The van der Waals surface area contributed by atoms with E-state index in [2.05, 4.69) is 17.2 Å². The maximum Gasteiger partial charge on any atom is 0.271 e. The monoisotopic (exact) mass is 319 g/mol. The Morgan fingerprint density at radius 3 is 2.95 bits per heavy atom. The van der Waals surface area contributed by atoms with Crippen LogP contribution in [0.15, 0.2) is 29.6 Å². The minimum atomic E-state index is -0.197. The number of nitrogens with one attached hydrogen (secondary N) is 1. The van der Waals surface area contributed by atoms with Crippen molar-refractivity contribution in [3.63, 3.8) is 0 Å². The fourth-order valence-electron chi connectivity index (χ4n) is 2.11. The zero-order valence-electron chi connectivity index (χ0n) is 12.8. The molecular formula is C16H21N3O2S. The highest BCUT2D eigenvalue weighted by Crippen LogP contribution is 2.20. The van der Waals surface area contributed by atoms with E-state index in [1.807, 2.05) is 24.3 Å². The van der Waals surface area contributed by atoms with Gasteiger partial charge in [0.2, 0.25) is 0 Å². The Hall–Kier alpha value is -1.92. The summed E-state index contributed by atoms with van der Waals surface area (Å²) < 4.78 is 5.26. The van der Waals surface area contributed by atoms with Crippen LogP contribution in [-0.2, 0) is 6.54 Å². The van der Waals surface area contributed by atoms with Gasteiger partial charge in [-0.15, -0.1) is 11.3 Å². The number of carbonyl (C=O) groups excluding carboxylic acids is 1. The summed E-state index contributed by atoms with van der Waals surface area (Å²) in [6.07, 6.45) is 1.87. The van der Waals surface area contributed by atoms with Gasteiger partial charge in [0.15, 0.2) is 0 Å². The maximum atomic E-state index is 12.2. The number of nitrogens with two attached hydrogens (primary N) is 1. The molecular weight excluding hydrogens is 298 g/mol. The number of methoxy groups -OCH3 is 1. The van der Waals surface area contributed by atoms with Crippen LogP contribution in [0, 0.1) is 0 Å². The molecule has 6 heteroatoms. The van der Waals surface area contributed by atoms with E-state index in [0.29, 0.717) is 12.2 Å². The van der Waals surface area contributed by atoms with Crippen LogP contribution in [0.5, 0.6) is 5.75 Å². The average Bonchev–Trinajstić information content (AvgIpc) is 3.03. The van der Waals surface area contributed by atoms with Gasteiger partial charge in [-0.3, -0.25) is 4.79 Å². The van der Waals surface area contributed by atoms with Crippen LogP contribution in [0.3, 0.4) is 0 Å². The molecule has 0 aliphatic heterocycles. The molecule has 0 bridgehead atoms. The first-order valence-electron chi connectivity index (χ1n) is 7.26. The van der Waals surface area contributed by atoms with Gasteiger partial charge in [-0.25, -0.2) is 4.98 Å². The van der Waals surface area contributed by atoms with Crippen LogP contribution in [-0.4, -0.2) is 18.0 Å². The Labute approximate surface area is 134 Å². The summed E-state index contributed by atoms with van der Waals surface area (Å²) in [7, 11) is 1.61. The topological polar surface area (TPSA) is 77.2 Å². The third-order valence-electron chi connectivity index (χ3n) is 3.30.